The molecule has 3 aliphatic heterocycles. The third kappa shape index (κ3) is 3.79. The lowest BCUT2D eigenvalue weighted by Gasteiger charge is -2.31. The van der Waals surface area contributed by atoms with Gasteiger partial charge in [-0.05, 0) is 31.6 Å². The van der Waals surface area contributed by atoms with Crippen LogP contribution in [-0.2, 0) is 14.3 Å². The number of hydrogen-bond donors (Lipinski definition) is 1. The highest BCUT2D eigenvalue weighted by Crippen LogP contribution is 2.32. The molecule has 0 aliphatic carbocycles. The number of carbonyl (C=O) groups is 2. The van der Waals surface area contributed by atoms with Crippen molar-refractivity contribution in [2.24, 2.45) is 5.92 Å². The summed E-state index contributed by atoms with van der Waals surface area (Å²) in [7, 11) is 1.75. The first-order valence-corrected chi connectivity index (χ1v) is 8.47. The quantitative estimate of drug-likeness (QED) is 0.807. The van der Waals surface area contributed by atoms with Gasteiger partial charge in [-0.2, -0.15) is 0 Å². The summed E-state index contributed by atoms with van der Waals surface area (Å²) in [5, 5.41) is 3.60. The van der Waals surface area contributed by atoms with Crippen molar-refractivity contribution in [2.75, 3.05) is 39.9 Å². The Morgan fingerprint density at radius 1 is 1.18 bits per heavy atom. The van der Waals surface area contributed by atoms with Gasteiger partial charge in [-0.3, -0.25) is 9.59 Å². The molecular formula is C16H27N3O3. The maximum Gasteiger partial charge on any atom is 0.242 e. The molecule has 0 aromatic heterocycles. The van der Waals surface area contributed by atoms with Crippen LogP contribution in [0.4, 0.5) is 0 Å². The minimum Gasteiger partial charge on any atom is -0.378 e. The van der Waals surface area contributed by atoms with Crippen molar-refractivity contribution in [1.82, 2.24) is 15.1 Å². The Kier molecular flexibility index (Phi) is 4.98. The molecule has 2 bridgehead atoms. The van der Waals surface area contributed by atoms with E-state index < -0.39 is 0 Å². The number of piperidine rings is 1. The molecule has 0 aromatic rings. The van der Waals surface area contributed by atoms with Crippen molar-refractivity contribution < 1.29 is 14.3 Å². The monoisotopic (exact) mass is 309 g/mol. The van der Waals surface area contributed by atoms with E-state index >= 15 is 0 Å². The van der Waals surface area contributed by atoms with Crippen molar-refractivity contribution in [3.63, 3.8) is 0 Å². The highest BCUT2D eigenvalue weighted by molar-refractivity contribution is 5.84. The van der Waals surface area contributed by atoms with Crippen molar-refractivity contribution in [2.45, 2.75) is 44.2 Å². The van der Waals surface area contributed by atoms with Gasteiger partial charge in [0, 0.05) is 38.6 Å². The molecular weight excluding hydrogens is 282 g/mol. The fourth-order valence-electron chi connectivity index (χ4n) is 3.95. The maximum atomic E-state index is 12.4. The second-order valence-electron chi connectivity index (χ2n) is 6.92. The number of nitrogens with zero attached hydrogens (tertiary/aromatic N) is 2. The van der Waals surface area contributed by atoms with Crippen LogP contribution in [0.2, 0.25) is 0 Å². The molecule has 3 saturated heterocycles. The van der Waals surface area contributed by atoms with Gasteiger partial charge in [-0.1, -0.05) is 0 Å². The van der Waals surface area contributed by atoms with Gasteiger partial charge >= 0.3 is 0 Å². The largest absolute Gasteiger partial charge is 0.378 e. The van der Waals surface area contributed by atoms with Crippen LogP contribution in [0, 0.1) is 5.92 Å². The van der Waals surface area contributed by atoms with Crippen LogP contribution in [0.5, 0.6) is 0 Å². The predicted octanol–water partition coefficient (Wildman–Crippen LogP) is 0.224. The van der Waals surface area contributed by atoms with Gasteiger partial charge in [-0.25, -0.2) is 0 Å². The Morgan fingerprint density at radius 2 is 1.82 bits per heavy atom. The smallest absolute Gasteiger partial charge is 0.242 e. The molecule has 3 fully saturated rings. The van der Waals surface area contributed by atoms with Crippen LogP contribution in [0.25, 0.3) is 0 Å². The third-order valence-corrected chi connectivity index (χ3v) is 5.20. The average Bonchev–Trinajstić information content (AvgIpc) is 2.86. The molecule has 2 unspecified atom stereocenters. The zero-order chi connectivity index (χ0) is 15.5. The zero-order valence-corrected chi connectivity index (χ0v) is 13.4. The number of carbonyl (C=O) groups excluding carboxylic acids is 2. The summed E-state index contributed by atoms with van der Waals surface area (Å²) in [4.78, 5) is 27.9. The van der Waals surface area contributed by atoms with E-state index in [4.69, 9.17) is 4.74 Å². The molecule has 22 heavy (non-hydrogen) atoms. The second-order valence-corrected chi connectivity index (χ2v) is 6.92. The molecule has 0 saturated carbocycles. The lowest BCUT2D eigenvalue weighted by atomic mass is 9.89. The third-order valence-electron chi connectivity index (χ3n) is 5.20. The number of morpholine rings is 1. The van der Waals surface area contributed by atoms with E-state index in [9.17, 15) is 9.59 Å². The first-order valence-electron chi connectivity index (χ1n) is 8.47. The Balaban J connectivity index is 1.44. The summed E-state index contributed by atoms with van der Waals surface area (Å²) >= 11 is 0. The normalized spacial score (nSPS) is 31.1. The maximum absolute atomic E-state index is 12.4. The molecule has 0 aromatic carbocycles. The van der Waals surface area contributed by atoms with Crippen molar-refractivity contribution in [3.8, 4) is 0 Å². The molecule has 3 heterocycles. The number of ether oxygens (including phenoxy) is 1. The summed E-state index contributed by atoms with van der Waals surface area (Å²) in [6.45, 7) is 2.66. The van der Waals surface area contributed by atoms with Crippen molar-refractivity contribution in [3.05, 3.63) is 0 Å². The van der Waals surface area contributed by atoms with Gasteiger partial charge in [0.05, 0.1) is 19.8 Å². The molecule has 2 atom stereocenters. The fraction of sp³-hybridized carbons (Fsp3) is 0.875. The summed E-state index contributed by atoms with van der Waals surface area (Å²) in [5.74, 6) is 0.615. The molecule has 0 radical (unpaired) electrons. The molecule has 0 spiro atoms. The molecule has 3 rings (SSSR count). The number of amides is 2. The first-order chi connectivity index (χ1) is 10.6. The van der Waals surface area contributed by atoms with E-state index in [0.29, 0.717) is 50.7 Å². The predicted molar refractivity (Wildman–Crippen MR) is 82.3 cm³/mol. The van der Waals surface area contributed by atoms with E-state index in [2.05, 4.69) is 5.32 Å². The number of likely N-dealkylation sites (N-methyl/N-ethyl adjacent to an activating group) is 1. The van der Waals surface area contributed by atoms with E-state index in [1.807, 2.05) is 0 Å². The Morgan fingerprint density at radius 3 is 2.45 bits per heavy atom. The lowest BCUT2D eigenvalue weighted by Crippen LogP contribution is -2.46. The Hall–Kier alpha value is -1.14. The fourth-order valence-corrected chi connectivity index (χ4v) is 3.95. The van der Waals surface area contributed by atoms with Crippen LogP contribution in [-0.4, -0.2) is 73.6 Å². The standard InChI is InChI=1S/C16H27N3O3/c1-18(11-16(21)19-4-6-22-7-5-19)15(20)10-12-8-13-2-3-14(9-12)17-13/h12-14,17H,2-11H2,1H3. The molecule has 6 nitrogen and oxygen atoms in total. The Labute approximate surface area is 132 Å². The highest BCUT2D eigenvalue weighted by Gasteiger charge is 2.34. The average molecular weight is 309 g/mol. The van der Waals surface area contributed by atoms with Gasteiger partial charge in [0.1, 0.15) is 0 Å². The number of nitrogens with one attached hydrogen (secondary N) is 1. The summed E-state index contributed by atoms with van der Waals surface area (Å²) in [6, 6.07) is 1.22. The molecule has 3 aliphatic rings. The minimum atomic E-state index is 0.0320. The van der Waals surface area contributed by atoms with Crippen LogP contribution in [0.3, 0.4) is 0 Å². The minimum absolute atomic E-state index is 0.0320. The van der Waals surface area contributed by atoms with Crippen LogP contribution >= 0.6 is 0 Å². The molecule has 1 N–H and O–H groups in total. The van der Waals surface area contributed by atoms with Crippen LogP contribution in [0.15, 0.2) is 0 Å². The lowest BCUT2D eigenvalue weighted by molar-refractivity contribution is -0.142. The topological polar surface area (TPSA) is 61.9 Å². The summed E-state index contributed by atoms with van der Waals surface area (Å²) in [6.07, 6.45) is 5.30. The van der Waals surface area contributed by atoms with Crippen molar-refractivity contribution >= 4 is 11.8 Å². The second kappa shape index (κ2) is 6.96. The van der Waals surface area contributed by atoms with Gasteiger partial charge < -0.3 is 19.9 Å². The molecule has 6 heteroatoms. The molecule has 2 amide bonds. The van der Waals surface area contributed by atoms with E-state index in [0.717, 1.165) is 12.8 Å². The van der Waals surface area contributed by atoms with E-state index in [1.54, 1.807) is 16.8 Å². The number of fused-ring (bicyclic) bond motifs is 2. The summed E-state index contributed by atoms with van der Waals surface area (Å²) in [5.41, 5.74) is 0. The number of rotatable bonds is 4. The van der Waals surface area contributed by atoms with Crippen LogP contribution < -0.4 is 5.32 Å². The molecule has 124 valence electrons. The SMILES string of the molecule is CN(CC(=O)N1CCOCC1)C(=O)CC1CC2CCC(C1)N2. The van der Waals surface area contributed by atoms with Gasteiger partial charge in [0.2, 0.25) is 11.8 Å². The van der Waals surface area contributed by atoms with Gasteiger partial charge in [-0.15, -0.1) is 0 Å². The van der Waals surface area contributed by atoms with E-state index in [-0.39, 0.29) is 18.4 Å². The van der Waals surface area contributed by atoms with Crippen molar-refractivity contribution in [1.29, 1.82) is 0 Å². The highest BCUT2D eigenvalue weighted by atomic mass is 16.5. The van der Waals surface area contributed by atoms with Gasteiger partial charge in [0.25, 0.3) is 0 Å². The first kappa shape index (κ1) is 15.7. The zero-order valence-electron chi connectivity index (χ0n) is 13.4. The summed E-state index contributed by atoms with van der Waals surface area (Å²) < 4.78 is 5.25. The number of hydrogen-bond acceptors (Lipinski definition) is 4. The Bertz CT molecular complexity index is 411. The van der Waals surface area contributed by atoms with Gasteiger partial charge in [0.15, 0.2) is 0 Å². The van der Waals surface area contributed by atoms with E-state index in [1.165, 1.54) is 12.8 Å². The van der Waals surface area contributed by atoms with Crippen LogP contribution in [0.1, 0.15) is 32.1 Å².